The number of nitrogens with zero attached hydrogens (tertiary/aromatic N) is 1. The number of imide groups is 1. The van der Waals surface area contributed by atoms with Crippen LogP contribution in [0.3, 0.4) is 0 Å². The maximum Gasteiger partial charge on any atom is 0.261 e. The van der Waals surface area contributed by atoms with E-state index in [9.17, 15) is 14.4 Å². The van der Waals surface area contributed by atoms with Crippen molar-refractivity contribution in [3.05, 3.63) is 29.3 Å². The molecule has 1 saturated heterocycles. The van der Waals surface area contributed by atoms with Crippen molar-refractivity contribution in [1.82, 2.24) is 10.2 Å². The highest BCUT2D eigenvalue weighted by atomic mass is 16.2. The molecule has 2 heterocycles. The van der Waals surface area contributed by atoms with Gasteiger partial charge in [-0.3, -0.25) is 19.3 Å². The molecular formula is C13H13N3O3. The van der Waals surface area contributed by atoms with E-state index in [2.05, 4.69) is 5.32 Å². The zero-order chi connectivity index (χ0) is 13.6. The topological polar surface area (TPSA) is 92.5 Å². The Bertz CT molecular complexity index is 587. The standard InChI is InChI=1S/C13H13N3O3/c14-7-1-3-9-10(5-7)13(19)16(12(9)18)8-2-4-11(17)15-6-8/h1,3,5,8H,2,4,6,14H2,(H,15,17). The second-order valence-electron chi connectivity index (χ2n) is 4.78. The summed E-state index contributed by atoms with van der Waals surface area (Å²) in [6.45, 7) is 0.319. The van der Waals surface area contributed by atoms with Crippen molar-refractivity contribution in [2.24, 2.45) is 0 Å². The Balaban J connectivity index is 1.92. The minimum Gasteiger partial charge on any atom is -0.399 e. The molecule has 1 fully saturated rings. The van der Waals surface area contributed by atoms with Gasteiger partial charge in [0.25, 0.3) is 11.8 Å². The molecule has 0 radical (unpaired) electrons. The Hall–Kier alpha value is -2.37. The van der Waals surface area contributed by atoms with E-state index in [1.54, 1.807) is 12.1 Å². The van der Waals surface area contributed by atoms with Gasteiger partial charge in [0.15, 0.2) is 0 Å². The Morgan fingerprint density at radius 1 is 1.16 bits per heavy atom. The summed E-state index contributed by atoms with van der Waals surface area (Å²) in [5.41, 5.74) is 6.83. The highest BCUT2D eigenvalue weighted by Gasteiger charge is 2.40. The van der Waals surface area contributed by atoms with E-state index in [-0.39, 0.29) is 23.8 Å². The lowest BCUT2D eigenvalue weighted by atomic mass is 10.1. The average molecular weight is 259 g/mol. The van der Waals surface area contributed by atoms with Crippen LogP contribution >= 0.6 is 0 Å². The van der Waals surface area contributed by atoms with Crippen molar-refractivity contribution >= 4 is 23.4 Å². The van der Waals surface area contributed by atoms with Gasteiger partial charge in [0.1, 0.15) is 0 Å². The van der Waals surface area contributed by atoms with Crippen molar-refractivity contribution in [3.8, 4) is 0 Å². The Morgan fingerprint density at radius 2 is 1.89 bits per heavy atom. The number of anilines is 1. The number of amides is 3. The molecule has 3 rings (SSSR count). The van der Waals surface area contributed by atoms with Crippen molar-refractivity contribution in [1.29, 1.82) is 0 Å². The van der Waals surface area contributed by atoms with E-state index in [0.717, 1.165) is 0 Å². The van der Waals surface area contributed by atoms with Gasteiger partial charge < -0.3 is 11.1 Å². The van der Waals surface area contributed by atoms with Crippen LogP contribution in [0.15, 0.2) is 18.2 Å². The molecule has 6 heteroatoms. The second kappa shape index (κ2) is 4.08. The number of nitrogen functional groups attached to an aromatic ring is 1. The fourth-order valence-electron chi connectivity index (χ4n) is 2.55. The number of rotatable bonds is 1. The zero-order valence-corrected chi connectivity index (χ0v) is 10.2. The largest absolute Gasteiger partial charge is 0.399 e. The lowest BCUT2D eigenvalue weighted by molar-refractivity contribution is -0.123. The highest BCUT2D eigenvalue weighted by molar-refractivity contribution is 6.22. The number of hydrogen-bond donors (Lipinski definition) is 2. The van der Waals surface area contributed by atoms with E-state index >= 15 is 0 Å². The van der Waals surface area contributed by atoms with E-state index in [1.165, 1.54) is 11.0 Å². The molecule has 1 aromatic carbocycles. The zero-order valence-electron chi connectivity index (χ0n) is 10.2. The first kappa shape index (κ1) is 11.7. The van der Waals surface area contributed by atoms with Gasteiger partial charge in [0.2, 0.25) is 5.91 Å². The summed E-state index contributed by atoms with van der Waals surface area (Å²) in [4.78, 5) is 36.9. The van der Waals surface area contributed by atoms with Gasteiger partial charge in [0.05, 0.1) is 17.2 Å². The summed E-state index contributed by atoms with van der Waals surface area (Å²) in [6, 6.07) is 4.44. The van der Waals surface area contributed by atoms with Gasteiger partial charge in [-0.2, -0.15) is 0 Å². The summed E-state index contributed by atoms with van der Waals surface area (Å²) >= 11 is 0. The molecule has 0 spiro atoms. The SMILES string of the molecule is Nc1ccc2c(c1)C(=O)N(C1CCC(=O)NC1)C2=O. The van der Waals surface area contributed by atoms with Crippen LogP contribution in [-0.4, -0.2) is 35.2 Å². The molecule has 0 bridgehead atoms. The first-order valence-electron chi connectivity index (χ1n) is 6.12. The Labute approximate surface area is 109 Å². The molecule has 0 aromatic heterocycles. The number of nitrogens with two attached hydrogens (primary N) is 1. The number of carbonyl (C=O) groups is 3. The minimum absolute atomic E-state index is 0.0443. The van der Waals surface area contributed by atoms with Crippen LogP contribution in [0.5, 0.6) is 0 Å². The fraction of sp³-hybridized carbons (Fsp3) is 0.308. The number of hydrogen-bond acceptors (Lipinski definition) is 4. The summed E-state index contributed by atoms with van der Waals surface area (Å²) in [6.07, 6.45) is 0.840. The number of piperidine rings is 1. The molecule has 98 valence electrons. The molecule has 6 nitrogen and oxygen atoms in total. The summed E-state index contributed by atoms with van der Waals surface area (Å²) in [7, 11) is 0. The molecular weight excluding hydrogens is 246 g/mol. The second-order valence-corrected chi connectivity index (χ2v) is 4.78. The predicted molar refractivity (Wildman–Crippen MR) is 67.4 cm³/mol. The van der Waals surface area contributed by atoms with Gasteiger partial charge in [-0.25, -0.2) is 0 Å². The predicted octanol–water partition coefficient (Wildman–Crippen LogP) is 0.143. The van der Waals surface area contributed by atoms with Crippen molar-refractivity contribution in [3.63, 3.8) is 0 Å². The maximum atomic E-state index is 12.3. The average Bonchev–Trinajstić information content (AvgIpc) is 2.63. The molecule has 1 aromatic rings. The number of nitrogens with one attached hydrogen (secondary N) is 1. The van der Waals surface area contributed by atoms with Gasteiger partial charge in [0, 0.05) is 18.7 Å². The quantitative estimate of drug-likeness (QED) is 0.554. The van der Waals surface area contributed by atoms with E-state index in [4.69, 9.17) is 5.73 Å². The van der Waals surface area contributed by atoms with Crippen LogP contribution in [0, 0.1) is 0 Å². The monoisotopic (exact) mass is 259 g/mol. The van der Waals surface area contributed by atoms with Gasteiger partial charge in [-0.1, -0.05) is 0 Å². The number of carbonyl (C=O) groups excluding carboxylic acids is 3. The Kier molecular flexibility index (Phi) is 2.51. The van der Waals surface area contributed by atoms with Crippen LogP contribution in [0.25, 0.3) is 0 Å². The first-order chi connectivity index (χ1) is 9.08. The first-order valence-corrected chi connectivity index (χ1v) is 6.12. The molecule has 2 aliphatic rings. The molecule has 19 heavy (non-hydrogen) atoms. The van der Waals surface area contributed by atoms with Crippen LogP contribution in [0.4, 0.5) is 5.69 Å². The number of benzene rings is 1. The van der Waals surface area contributed by atoms with E-state index < -0.39 is 0 Å². The summed E-state index contributed by atoms with van der Waals surface area (Å²) < 4.78 is 0. The molecule has 3 N–H and O–H groups in total. The summed E-state index contributed by atoms with van der Waals surface area (Å²) in [5, 5.41) is 2.68. The third kappa shape index (κ3) is 1.76. The van der Waals surface area contributed by atoms with Crippen LogP contribution in [0.2, 0.25) is 0 Å². The molecule has 1 unspecified atom stereocenters. The fourth-order valence-corrected chi connectivity index (χ4v) is 2.55. The van der Waals surface area contributed by atoms with Gasteiger partial charge in [-0.15, -0.1) is 0 Å². The maximum absolute atomic E-state index is 12.3. The van der Waals surface area contributed by atoms with Crippen LogP contribution in [0.1, 0.15) is 33.6 Å². The molecule has 3 amide bonds. The third-order valence-electron chi connectivity index (χ3n) is 3.55. The number of fused-ring (bicyclic) bond motifs is 1. The van der Waals surface area contributed by atoms with Crippen molar-refractivity contribution in [2.45, 2.75) is 18.9 Å². The highest BCUT2D eigenvalue weighted by Crippen LogP contribution is 2.28. The normalized spacial score (nSPS) is 22.4. The minimum atomic E-state index is -0.326. The van der Waals surface area contributed by atoms with E-state index in [1.807, 2.05) is 0 Å². The molecule has 1 atom stereocenters. The van der Waals surface area contributed by atoms with Gasteiger partial charge >= 0.3 is 0 Å². The van der Waals surface area contributed by atoms with Crippen LogP contribution in [-0.2, 0) is 4.79 Å². The molecule has 0 saturated carbocycles. The smallest absolute Gasteiger partial charge is 0.261 e. The van der Waals surface area contributed by atoms with Crippen molar-refractivity contribution in [2.75, 3.05) is 12.3 Å². The van der Waals surface area contributed by atoms with E-state index in [0.29, 0.717) is 36.2 Å². The van der Waals surface area contributed by atoms with Crippen LogP contribution < -0.4 is 11.1 Å². The lowest BCUT2D eigenvalue weighted by Crippen LogP contribution is -2.50. The molecule has 2 aliphatic heterocycles. The van der Waals surface area contributed by atoms with Crippen molar-refractivity contribution < 1.29 is 14.4 Å². The lowest BCUT2D eigenvalue weighted by Gasteiger charge is -2.29. The molecule has 0 aliphatic carbocycles. The third-order valence-corrected chi connectivity index (χ3v) is 3.55. The van der Waals surface area contributed by atoms with Gasteiger partial charge in [-0.05, 0) is 24.6 Å². The summed E-state index contributed by atoms with van der Waals surface area (Å²) in [5.74, 6) is -0.674. The Morgan fingerprint density at radius 3 is 2.58 bits per heavy atom.